The molecule has 4 aromatic rings. The summed E-state index contributed by atoms with van der Waals surface area (Å²) in [5, 5.41) is 3.97. The Hall–Kier alpha value is -3.47. The molecular formula is C25H24FN3O. The molecule has 0 unspecified atom stereocenters. The third kappa shape index (κ3) is 3.71. The maximum Gasteiger partial charge on any atom is 0.151 e. The maximum absolute atomic E-state index is 14.7. The number of rotatable bonds is 7. The lowest BCUT2D eigenvalue weighted by atomic mass is 10.1. The highest BCUT2D eigenvalue weighted by Crippen LogP contribution is 2.32. The van der Waals surface area contributed by atoms with E-state index in [4.69, 9.17) is 0 Å². The first-order valence-electron chi connectivity index (χ1n) is 10.0. The summed E-state index contributed by atoms with van der Waals surface area (Å²) < 4.78 is 16.8. The fourth-order valence-electron chi connectivity index (χ4n) is 3.93. The number of carbonyl (C=O) groups is 1. The van der Waals surface area contributed by atoms with Crippen LogP contribution in [-0.4, -0.2) is 22.4 Å². The van der Waals surface area contributed by atoms with Crippen LogP contribution in [0.25, 0.3) is 10.9 Å². The molecule has 0 saturated heterocycles. The van der Waals surface area contributed by atoms with Crippen molar-refractivity contribution in [1.29, 1.82) is 0 Å². The zero-order valence-electron chi connectivity index (χ0n) is 17.2. The maximum atomic E-state index is 14.7. The molecule has 5 heteroatoms. The van der Waals surface area contributed by atoms with Gasteiger partial charge in [0.2, 0.25) is 0 Å². The molecule has 0 amide bonds. The summed E-state index contributed by atoms with van der Waals surface area (Å²) in [5.74, 6) is 0.344. The van der Waals surface area contributed by atoms with E-state index in [1.807, 2.05) is 56.3 Å². The average Bonchev–Trinajstić information content (AvgIpc) is 3.02. The highest BCUT2D eigenvalue weighted by atomic mass is 19.1. The largest absolute Gasteiger partial charge is 0.368 e. The molecule has 2 aromatic carbocycles. The molecule has 0 fully saturated rings. The van der Waals surface area contributed by atoms with Gasteiger partial charge >= 0.3 is 0 Å². The van der Waals surface area contributed by atoms with Gasteiger partial charge in [0.05, 0.1) is 11.7 Å². The van der Waals surface area contributed by atoms with Crippen LogP contribution in [0.3, 0.4) is 0 Å². The molecular weight excluding hydrogens is 377 g/mol. The molecule has 30 heavy (non-hydrogen) atoms. The smallest absolute Gasteiger partial charge is 0.151 e. The molecule has 4 nitrogen and oxygen atoms in total. The van der Waals surface area contributed by atoms with Crippen LogP contribution < -0.4 is 5.32 Å². The number of aryl methyl sites for hydroxylation is 1. The molecule has 2 heterocycles. The van der Waals surface area contributed by atoms with Crippen LogP contribution in [0.15, 0.2) is 60.8 Å². The van der Waals surface area contributed by atoms with Crippen LogP contribution in [0.2, 0.25) is 0 Å². The summed E-state index contributed by atoms with van der Waals surface area (Å²) in [6.45, 7) is 5.20. The number of pyridine rings is 1. The van der Waals surface area contributed by atoms with Gasteiger partial charge in [0.15, 0.2) is 11.6 Å². The minimum absolute atomic E-state index is 0.311. The Bertz CT molecular complexity index is 1200. The molecule has 0 bridgehead atoms. The molecule has 0 spiro atoms. The lowest BCUT2D eigenvalue weighted by Gasteiger charge is -2.13. The first-order valence-corrected chi connectivity index (χ1v) is 10.0. The minimum atomic E-state index is -0.311. The highest BCUT2D eigenvalue weighted by Gasteiger charge is 2.19. The van der Waals surface area contributed by atoms with E-state index in [0.29, 0.717) is 36.3 Å². The lowest BCUT2D eigenvalue weighted by Crippen LogP contribution is -2.10. The number of nitrogens with one attached hydrogen (secondary N) is 1. The average molecular weight is 401 g/mol. The zero-order valence-corrected chi connectivity index (χ0v) is 17.2. The predicted molar refractivity (Wildman–Crippen MR) is 119 cm³/mol. The van der Waals surface area contributed by atoms with Gasteiger partial charge in [-0.15, -0.1) is 0 Å². The van der Waals surface area contributed by atoms with E-state index >= 15 is 0 Å². The van der Waals surface area contributed by atoms with Gasteiger partial charge in [0.25, 0.3) is 0 Å². The molecule has 0 saturated carbocycles. The van der Waals surface area contributed by atoms with Crippen molar-refractivity contribution in [3.8, 4) is 0 Å². The van der Waals surface area contributed by atoms with Gasteiger partial charge in [-0.05, 0) is 37.0 Å². The Morgan fingerprint density at radius 3 is 2.57 bits per heavy atom. The van der Waals surface area contributed by atoms with Crippen molar-refractivity contribution >= 4 is 23.0 Å². The van der Waals surface area contributed by atoms with Crippen LogP contribution in [0, 0.1) is 19.7 Å². The van der Waals surface area contributed by atoms with Gasteiger partial charge in [-0.2, -0.15) is 0 Å². The van der Waals surface area contributed by atoms with Gasteiger partial charge in [0.1, 0.15) is 6.29 Å². The van der Waals surface area contributed by atoms with E-state index in [9.17, 15) is 9.18 Å². The van der Waals surface area contributed by atoms with Crippen LogP contribution >= 0.6 is 0 Å². The quantitative estimate of drug-likeness (QED) is 0.427. The fourth-order valence-corrected chi connectivity index (χ4v) is 3.93. The van der Waals surface area contributed by atoms with Crippen molar-refractivity contribution in [1.82, 2.24) is 9.55 Å². The number of anilines is 1. The number of aromatic nitrogens is 2. The van der Waals surface area contributed by atoms with Crippen LogP contribution in [0.1, 0.15) is 32.7 Å². The second kappa shape index (κ2) is 8.49. The van der Waals surface area contributed by atoms with Crippen LogP contribution in [0.4, 0.5) is 10.2 Å². The van der Waals surface area contributed by atoms with E-state index in [1.165, 1.54) is 6.20 Å². The van der Waals surface area contributed by atoms with Crippen LogP contribution in [-0.2, 0) is 13.0 Å². The summed E-state index contributed by atoms with van der Waals surface area (Å²) in [6, 6.07) is 17.7. The Balaban J connectivity index is 1.68. The first kappa shape index (κ1) is 19.8. The molecule has 0 atom stereocenters. The van der Waals surface area contributed by atoms with Crippen molar-refractivity contribution < 1.29 is 9.18 Å². The normalized spacial score (nSPS) is 11.0. The monoisotopic (exact) mass is 401 g/mol. The fraction of sp³-hybridized carbons (Fsp3) is 0.200. The summed E-state index contributed by atoms with van der Waals surface area (Å²) in [7, 11) is 0. The van der Waals surface area contributed by atoms with Gasteiger partial charge in [-0.3, -0.25) is 4.79 Å². The number of nitrogens with zero attached hydrogens (tertiary/aromatic N) is 2. The predicted octanol–water partition coefficient (Wildman–Crippen LogP) is 5.31. The molecule has 2 aromatic heterocycles. The Morgan fingerprint density at radius 2 is 1.80 bits per heavy atom. The van der Waals surface area contributed by atoms with E-state index in [0.717, 1.165) is 34.2 Å². The van der Waals surface area contributed by atoms with Crippen molar-refractivity contribution in [3.63, 3.8) is 0 Å². The first-order chi connectivity index (χ1) is 14.6. The Labute approximate surface area is 175 Å². The summed E-state index contributed by atoms with van der Waals surface area (Å²) in [4.78, 5) is 15.6. The number of carbonyl (C=O) groups excluding carboxylic acids is 1. The number of fused-ring (bicyclic) bond motifs is 1. The second-order valence-electron chi connectivity index (χ2n) is 7.45. The molecule has 152 valence electrons. The number of aldehydes is 1. The lowest BCUT2D eigenvalue weighted by molar-refractivity contribution is 0.112. The third-order valence-corrected chi connectivity index (χ3v) is 5.65. The van der Waals surface area contributed by atoms with Crippen molar-refractivity contribution in [3.05, 3.63) is 94.6 Å². The standard InChI is InChI=1S/C25H24FN3O/c1-17-18(2)29(15-19-8-4-3-5-9-19)24-23(17)22(26)14-28-25(24)27-13-12-20-10-6-7-11-21(20)16-30/h3-11,14,16H,12-13,15H2,1-2H3,(H,27,28). The molecule has 0 aliphatic heterocycles. The summed E-state index contributed by atoms with van der Waals surface area (Å²) in [6.07, 6.45) is 2.83. The third-order valence-electron chi connectivity index (χ3n) is 5.65. The SMILES string of the molecule is Cc1c(C)n(Cc2ccccc2)c2c(NCCc3ccccc3C=O)ncc(F)c12. The second-order valence-corrected chi connectivity index (χ2v) is 7.45. The topological polar surface area (TPSA) is 46.9 Å². The minimum Gasteiger partial charge on any atom is -0.368 e. The summed E-state index contributed by atoms with van der Waals surface area (Å²) in [5.41, 5.74) is 5.54. The van der Waals surface area contributed by atoms with Crippen LogP contribution in [0.5, 0.6) is 0 Å². The number of benzene rings is 2. The number of hydrogen-bond donors (Lipinski definition) is 1. The number of halogens is 1. The number of hydrogen-bond acceptors (Lipinski definition) is 3. The van der Waals surface area contributed by atoms with E-state index in [1.54, 1.807) is 0 Å². The molecule has 0 radical (unpaired) electrons. The highest BCUT2D eigenvalue weighted by molar-refractivity contribution is 5.93. The van der Waals surface area contributed by atoms with Gasteiger partial charge in [0, 0.05) is 29.7 Å². The van der Waals surface area contributed by atoms with Crippen molar-refractivity contribution in [2.24, 2.45) is 0 Å². The Morgan fingerprint density at radius 1 is 1.07 bits per heavy atom. The molecule has 0 aliphatic carbocycles. The van der Waals surface area contributed by atoms with Gasteiger partial charge in [-0.1, -0.05) is 54.6 Å². The zero-order chi connectivity index (χ0) is 21.1. The Kier molecular flexibility index (Phi) is 5.61. The van der Waals surface area contributed by atoms with E-state index in [-0.39, 0.29) is 5.82 Å². The van der Waals surface area contributed by atoms with Gasteiger partial charge < -0.3 is 9.88 Å². The van der Waals surface area contributed by atoms with Crippen molar-refractivity contribution in [2.75, 3.05) is 11.9 Å². The van der Waals surface area contributed by atoms with Gasteiger partial charge in [-0.25, -0.2) is 9.37 Å². The van der Waals surface area contributed by atoms with Crippen molar-refractivity contribution in [2.45, 2.75) is 26.8 Å². The molecule has 1 N–H and O–H groups in total. The van der Waals surface area contributed by atoms with E-state index < -0.39 is 0 Å². The molecule has 4 rings (SSSR count). The van der Waals surface area contributed by atoms with E-state index in [2.05, 4.69) is 27.0 Å². The molecule has 0 aliphatic rings. The summed E-state index contributed by atoms with van der Waals surface area (Å²) >= 11 is 0.